The number of nitrogens with zero attached hydrogens (tertiary/aromatic N) is 4. The number of pyridine rings is 1. The van der Waals surface area contributed by atoms with Crippen molar-refractivity contribution in [3.63, 3.8) is 0 Å². The number of rotatable bonds is 9. The molecule has 1 aliphatic rings. The molecule has 0 unspecified atom stereocenters. The minimum absolute atomic E-state index is 0. The fourth-order valence-corrected chi connectivity index (χ4v) is 15.9. The fraction of sp³-hybridized carbons (Fsp3) is 0.229. The van der Waals surface area contributed by atoms with Gasteiger partial charge in [-0.05, 0) is 87.6 Å². The van der Waals surface area contributed by atoms with Gasteiger partial charge in [0.2, 0.25) is 5.69 Å². The molecule has 10 aromatic rings. The normalized spacial score (nSPS) is 13.0. The van der Waals surface area contributed by atoms with Crippen molar-refractivity contribution >= 4 is 79.4 Å². The summed E-state index contributed by atoms with van der Waals surface area (Å²) in [5, 5.41) is 7.43. The molecule has 386 valence electrons. The topological polar surface area (TPSA) is 33.1 Å². The minimum Gasteiger partial charge on any atom is -0.509 e. The van der Waals surface area contributed by atoms with E-state index in [1.54, 1.807) is 0 Å². The van der Waals surface area contributed by atoms with Crippen molar-refractivity contribution in [2.75, 3.05) is 0 Å². The van der Waals surface area contributed by atoms with Crippen LogP contribution in [-0.4, -0.2) is 23.6 Å². The Labute approximate surface area is 471 Å². The van der Waals surface area contributed by atoms with Crippen LogP contribution in [0.3, 0.4) is 0 Å². The van der Waals surface area contributed by atoms with E-state index in [2.05, 4.69) is 291 Å². The zero-order chi connectivity index (χ0) is 53.4. The Kier molecular flexibility index (Phi) is 13.8. The number of fused-ring (bicyclic) bond motifs is 4. The molecule has 0 N–H and O–H groups in total. The van der Waals surface area contributed by atoms with Crippen LogP contribution in [0.25, 0.3) is 27.6 Å². The van der Waals surface area contributed by atoms with Crippen LogP contribution in [0.5, 0.6) is 11.5 Å². The summed E-state index contributed by atoms with van der Waals surface area (Å²) >= 11 is 0. The number of hydrogen-bond donors (Lipinski definition) is 0. The maximum Gasteiger partial charge on any atom is 2.00 e. The van der Waals surface area contributed by atoms with Crippen LogP contribution in [0.1, 0.15) is 105 Å². The van der Waals surface area contributed by atoms with Crippen LogP contribution >= 0.6 is 0 Å². The van der Waals surface area contributed by atoms with Crippen molar-refractivity contribution in [1.29, 1.82) is 0 Å². The standard InChI is InChI=1S/C70H68N4OSi.Pt/c1-67(2,3)48-34-37-61-60(43-48)59-36-35-55(46-63(59)74(61)65-44-49(38-39-71-65)68(4,5)6)75-54-25-22-24-52(45-54)72-47-73(53-41-50(69(7,8)9)40-51(42-53)70(10,11)12)66-62(72)32-23-33-64(66)76(56-26-16-13-17-27-56,57-28-18-14-19-29-57)58-30-20-15-21-31-58;/h13-44H,1-12H3;/q;+2. The van der Waals surface area contributed by atoms with Gasteiger partial charge >= 0.3 is 27.1 Å². The third-order valence-corrected chi connectivity index (χ3v) is 20.0. The van der Waals surface area contributed by atoms with Crippen molar-refractivity contribution in [2.24, 2.45) is 0 Å². The maximum absolute atomic E-state index is 6.88. The molecule has 2 aromatic heterocycles. The number of benzene rings is 8. The number of hydrogen-bond acceptors (Lipinski definition) is 2. The Balaban J connectivity index is 0.00000672. The summed E-state index contributed by atoms with van der Waals surface area (Å²) in [6.07, 6.45) is 1.92. The first-order valence-electron chi connectivity index (χ1n) is 26.7. The van der Waals surface area contributed by atoms with E-state index in [-0.39, 0.29) is 42.7 Å². The largest absolute Gasteiger partial charge is 2.00 e. The Morgan fingerprint density at radius 2 is 1.03 bits per heavy atom. The summed E-state index contributed by atoms with van der Waals surface area (Å²) in [6, 6.07) is 80.4. The van der Waals surface area contributed by atoms with Crippen LogP contribution in [0.2, 0.25) is 0 Å². The van der Waals surface area contributed by atoms with Gasteiger partial charge in [0, 0.05) is 46.6 Å². The van der Waals surface area contributed by atoms with Gasteiger partial charge in [-0.25, -0.2) is 4.98 Å². The van der Waals surface area contributed by atoms with Gasteiger partial charge in [-0.2, -0.15) is 12.1 Å². The van der Waals surface area contributed by atoms with Gasteiger partial charge in [0.25, 0.3) is 11.4 Å². The van der Waals surface area contributed by atoms with Crippen molar-refractivity contribution in [1.82, 2.24) is 18.7 Å². The second kappa shape index (κ2) is 20.0. The maximum atomic E-state index is 6.88. The van der Waals surface area contributed by atoms with E-state index in [1.165, 1.54) is 43.0 Å². The molecule has 8 aromatic carbocycles. The van der Waals surface area contributed by atoms with E-state index in [4.69, 9.17) is 9.72 Å². The second-order valence-electron chi connectivity index (χ2n) is 24.6. The molecule has 0 saturated carbocycles. The molecule has 0 spiro atoms. The fourth-order valence-electron chi connectivity index (χ4n) is 10.9. The predicted molar refractivity (Wildman–Crippen MR) is 322 cm³/mol. The number of para-hydroxylation sites is 1. The Bertz CT molecular complexity index is 3790. The summed E-state index contributed by atoms with van der Waals surface area (Å²) in [7, 11) is -3.07. The van der Waals surface area contributed by atoms with Crippen molar-refractivity contribution in [3.05, 3.63) is 229 Å². The predicted octanol–water partition coefficient (Wildman–Crippen LogP) is 15.0. The molecule has 7 heteroatoms. The quantitative estimate of drug-likeness (QED) is 0.0624. The Morgan fingerprint density at radius 3 is 1.60 bits per heavy atom. The Morgan fingerprint density at radius 1 is 0.481 bits per heavy atom. The molecule has 3 heterocycles. The first-order chi connectivity index (χ1) is 36.2. The summed E-state index contributed by atoms with van der Waals surface area (Å²) in [5.74, 6) is 2.01. The number of aromatic nitrogens is 2. The zero-order valence-corrected chi connectivity index (χ0v) is 49.8. The number of ether oxygens (including phenoxy) is 1. The van der Waals surface area contributed by atoms with Gasteiger partial charge in [-0.15, -0.1) is 23.6 Å². The molecule has 0 bridgehead atoms. The van der Waals surface area contributed by atoms with E-state index in [9.17, 15) is 0 Å². The molecule has 77 heavy (non-hydrogen) atoms. The monoisotopic (exact) mass is 1200 g/mol. The van der Waals surface area contributed by atoms with Crippen molar-refractivity contribution in [3.8, 4) is 17.3 Å². The average molecular weight is 1200 g/mol. The van der Waals surface area contributed by atoms with Crippen LogP contribution in [0, 0.1) is 12.1 Å². The second-order valence-corrected chi connectivity index (χ2v) is 28.4. The summed E-state index contributed by atoms with van der Waals surface area (Å²) < 4.78 is 13.6. The molecule has 11 rings (SSSR count). The van der Waals surface area contributed by atoms with E-state index < -0.39 is 8.07 Å². The molecule has 0 aliphatic carbocycles. The van der Waals surface area contributed by atoms with Gasteiger partial charge in [0.1, 0.15) is 11.5 Å². The molecule has 1 aliphatic heterocycles. The van der Waals surface area contributed by atoms with Gasteiger partial charge in [0.15, 0.2) is 8.07 Å². The molecule has 0 radical (unpaired) electrons. The third kappa shape index (κ3) is 9.82. The average Bonchev–Trinajstić information content (AvgIpc) is 4.07. The van der Waals surface area contributed by atoms with Gasteiger partial charge in [0.05, 0.1) is 0 Å². The van der Waals surface area contributed by atoms with E-state index >= 15 is 0 Å². The molecule has 0 amide bonds. The van der Waals surface area contributed by atoms with Crippen molar-refractivity contribution < 1.29 is 25.8 Å². The van der Waals surface area contributed by atoms with Crippen molar-refractivity contribution in [2.45, 2.75) is 105 Å². The molecular weight excluding hydrogens is 1140 g/mol. The van der Waals surface area contributed by atoms with Gasteiger partial charge in [-0.3, -0.25) is 0 Å². The van der Waals surface area contributed by atoms with E-state index in [0.29, 0.717) is 11.5 Å². The van der Waals surface area contributed by atoms with Gasteiger partial charge in [-0.1, -0.05) is 227 Å². The molecule has 0 fully saturated rings. The summed E-state index contributed by atoms with van der Waals surface area (Å²) in [6.45, 7) is 27.3. The first-order valence-corrected chi connectivity index (χ1v) is 28.7. The van der Waals surface area contributed by atoms with Crippen LogP contribution in [0.4, 0.5) is 22.7 Å². The minimum atomic E-state index is -3.07. The van der Waals surface area contributed by atoms with E-state index in [1.807, 2.05) is 18.3 Å². The smallest absolute Gasteiger partial charge is 0.509 e. The van der Waals surface area contributed by atoms with Crippen LogP contribution in [0.15, 0.2) is 194 Å². The van der Waals surface area contributed by atoms with E-state index in [0.717, 1.165) is 50.4 Å². The summed E-state index contributed by atoms with van der Waals surface area (Å²) in [5.41, 5.74) is 10.7. The zero-order valence-electron chi connectivity index (χ0n) is 46.5. The molecule has 0 atom stereocenters. The van der Waals surface area contributed by atoms with Crippen LogP contribution in [-0.2, 0) is 42.7 Å². The molecule has 5 nitrogen and oxygen atoms in total. The van der Waals surface area contributed by atoms with Gasteiger partial charge < -0.3 is 9.30 Å². The molecular formula is C70H68N4OPtSi+2. The van der Waals surface area contributed by atoms with Crippen LogP contribution < -0.4 is 34.6 Å². The molecule has 0 saturated heterocycles. The SMILES string of the molecule is CC(C)(C)c1cc([N+]2=C=[N+](c3[c-]c(Oc4[c-]c5c(cc4)c4cc(C(C)(C)C)ccc4n5-c4cc(C(C)(C)C)ccn4)ccc3)c3cccc([Si](c4ccccc4)(c4ccccc4)c4ccccc4)c32)cc(C(C)(C)C)c1.[Pt+2]. The summed E-state index contributed by atoms with van der Waals surface area (Å²) in [4.78, 5) is 4.97. The Hall–Kier alpha value is -7.20. The third-order valence-electron chi connectivity index (χ3n) is 15.2. The first kappa shape index (κ1) is 53.2.